The summed E-state index contributed by atoms with van der Waals surface area (Å²) in [6, 6.07) is 6.64. The Morgan fingerprint density at radius 3 is 2.78 bits per heavy atom. The predicted molar refractivity (Wildman–Crippen MR) is 95.4 cm³/mol. The predicted octanol–water partition coefficient (Wildman–Crippen LogP) is 2.86. The van der Waals surface area contributed by atoms with Gasteiger partial charge < -0.3 is 20.4 Å². The minimum absolute atomic E-state index is 0. The number of alkyl carbamates (subject to hydrolysis) is 1. The molecule has 23 heavy (non-hydrogen) atoms. The summed E-state index contributed by atoms with van der Waals surface area (Å²) < 4.78 is 4.97. The molecule has 2 aliphatic rings. The molecule has 0 unspecified atom stereocenters. The lowest BCUT2D eigenvalue weighted by atomic mass is 9.89. The molecule has 2 aliphatic heterocycles. The van der Waals surface area contributed by atoms with Gasteiger partial charge in [-0.05, 0) is 61.5 Å². The Hall–Kier alpha value is -1.53. The highest BCUT2D eigenvalue weighted by Gasteiger charge is 2.23. The van der Waals surface area contributed by atoms with Crippen LogP contribution in [0.25, 0.3) is 10.9 Å². The number of rotatable bonds is 3. The number of carbonyl (C=O) groups is 1. The highest BCUT2D eigenvalue weighted by molar-refractivity contribution is 8.93. The maximum absolute atomic E-state index is 11.1. The molecule has 2 fully saturated rings. The Kier molecular flexibility index (Phi) is 4.92. The van der Waals surface area contributed by atoms with E-state index >= 15 is 0 Å². The number of carbonyl (C=O) groups excluding carboxylic acids is 1. The lowest BCUT2D eigenvalue weighted by Crippen LogP contribution is -2.28. The van der Waals surface area contributed by atoms with Crippen LogP contribution in [-0.2, 0) is 11.2 Å². The number of cyclic esters (lactones) is 1. The summed E-state index contributed by atoms with van der Waals surface area (Å²) in [5, 5.41) is 7.60. The molecular formula is C17H22BrN3O2. The molecule has 0 radical (unpaired) electrons. The molecule has 0 aliphatic carbocycles. The van der Waals surface area contributed by atoms with E-state index in [1.807, 2.05) is 0 Å². The molecule has 0 saturated carbocycles. The van der Waals surface area contributed by atoms with Crippen molar-refractivity contribution in [3.05, 3.63) is 35.5 Å². The second kappa shape index (κ2) is 6.93. The van der Waals surface area contributed by atoms with Crippen molar-refractivity contribution in [2.45, 2.75) is 31.2 Å². The van der Waals surface area contributed by atoms with Crippen LogP contribution in [0.15, 0.2) is 24.4 Å². The van der Waals surface area contributed by atoms with Gasteiger partial charge in [-0.3, -0.25) is 0 Å². The Morgan fingerprint density at radius 2 is 2.04 bits per heavy atom. The zero-order chi connectivity index (χ0) is 14.9. The van der Waals surface area contributed by atoms with Gasteiger partial charge in [-0.25, -0.2) is 4.79 Å². The standard InChI is InChI=1S/C17H21N3O2.BrH/c21-17-20-13(10-22-17)7-11-1-2-16-14(8-11)15(9-19-16)12-3-5-18-6-4-12;/h1-2,8-9,12-13,18-19H,3-7,10H2,(H,20,21);1H/t13-;/m1./s1. The molecular weight excluding hydrogens is 358 g/mol. The van der Waals surface area contributed by atoms with Crippen LogP contribution in [0, 0.1) is 0 Å². The molecule has 4 rings (SSSR count). The number of hydrogen-bond donors (Lipinski definition) is 3. The highest BCUT2D eigenvalue weighted by atomic mass is 79.9. The van der Waals surface area contributed by atoms with E-state index < -0.39 is 0 Å². The van der Waals surface area contributed by atoms with E-state index in [0.29, 0.717) is 12.5 Å². The number of aromatic amines is 1. The third kappa shape index (κ3) is 3.38. The van der Waals surface area contributed by atoms with Crippen LogP contribution in [0.3, 0.4) is 0 Å². The van der Waals surface area contributed by atoms with E-state index in [9.17, 15) is 4.79 Å². The molecule has 5 nitrogen and oxygen atoms in total. The molecule has 0 bridgehead atoms. The van der Waals surface area contributed by atoms with Gasteiger partial charge in [-0.15, -0.1) is 17.0 Å². The van der Waals surface area contributed by atoms with E-state index in [0.717, 1.165) is 19.5 Å². The molecule has 3 heterocycles. The zero-order valence-corrected chi connectivity index (χ0v) is 14.6. The van der Waals surface area contributed by atoms with Gasteiger partial charge in [0.2, 0.25) is 0 Å². The van der Waals surface area contributed by atoms with Crippen molar-refractivity contribution in [1.29, 1.82) is 0 Å². The van der Waals surface area contributed by atoms with Crippen LogP contribution in [-0.4, -0.2) is 36.8 Å². The number of halogens is 1. The maximum atomic E-state index is 11.1. The van der Waals surface area contributed by atoms with Gasteiger partial charge >= 0.3 is 6.09 Å². The Labute approximate surface area is 145 Å². The summed E-state index contributed by atoms with van der Waals surface area (Å²) in [6.45, 7) is 2.66. The topological polar surface area (TPSA) is 66.2 Å². The van der Waals surface area contributed by atoms with Gasteiger partial charge in [-0.2, -0.15) is 0 Å². The van der Waals surface area contributed by atoms with E-state index in [1.165, 1.54) is 34.9 Å². The van der Waals surface area contributed by atoms with Crippen LogP contribution in [0.2, 0.25) is 0 Å². The second-order valence-corrected chi connectivity index (χ2v) is 6.29. The molecule has 1 aromatic carbocycles. The first kappa shape index (κ1) is 16.3. The lowest BCUT2D eigenvalue weighted by molar-refractivity contribution is 0.177. The third-order valence-corrected chi connectivity index (χ3v) is 4.78. The van der Waals surface area contributed by atoms with E-state index in [4.69, 9.17) is 4.74 Å². The van der Waals surface area contributed by atoms with Crippen LogP contribution in [0.4, 0.5) is 4.79 Å². The third-order valence-electron chi connectivity index (χ3n) is 4.78. The normalized spacial score (nSPS) is 21.7. The fourth-order valence-electron chi connectivity index (χ4n) is 3.61. The lowest BCUT2D eigenvalue weighted by Gasteiger charge is -2.22. The first-order chi connectivity index (χ1) is 10.8. The SMILES string of the molecule is Br.O=C1N[C@H](Cc2ccc3[nH]cc(C4CCNCC4)c3c2)CO1. The van der Waals surface area contributed by atoms with Crippen molar-refractivity contribution in [2.75, 3.05) is 19.7 Å². The summed E-state index contributed by atoms with van der Waals surface area (Å²) in [7, 11) is 0. The molecule has 3 N–H and O–H groups in total. The smallest absolute Gasteiger partial charge is 0.407 e. The quantitative estimate of drug-likeness (QED) is 0.767. The maximum Gasteiger partial charge on any atom is 0.407 e. The highest BCUT2D eigenvalue weighted by Crippen LogP contribution is 2.32. The molecule has 2 saturated heterocycles. The fraction of sp³-hybridized carbons (Fsp3) is 0.471. The molecule has 1 atom stereocenters. The van der Waals surface area contributed by atoms with Crippen molar-refractivity contribution >= 4 is 34.0 Å². The van der Waals surface area contributed by atoms with Gasteiger partial charge in [0.15, 0.2) is 0 Å². The Balaban J connectivity index is 0.00000156. The molecule has 124 valence electrons. The molecule has 0 spiro atoms. The van der Waals surface area contributed by atoms with Crippen molar-refractivity contribution in [1.82, 2.24) is 15.6 Å². The monoisotopic (exact) mass is 379 g/mol. The van der Waals surface area contributed by atoms with E-state index in [2.05, 4.69) is 40.0 Å². The Morgan fingerprint density at radius 1 is 1.22 bits per heavy atom. The first-order valence-electron chi connectivity index (χ1n) is 8.03. The average Bonchev–Trinajstić information content (AvgIpc) is 3.14. The minimum Gasteiger partial charge on any atom is -0.447 e. The molecule has 6 heteroatoms. The number of nitrogens with one attached hydrogen (secondary N) is 3. The summed E-state index contributed by atoms with van der Waals surface area (Å²) in [6.07, 6.45) is 5.08. The number of piperidine rings is 1. The van der Waals surface area contributed by atoms with Gasteiger partial charge in [0.25, 0.3) is 0 Å². The van der Waals surface area contributed by atoms with Gasteiger partial charge in [0, 0.05) is 17.1 Å². The molecule has 1 aromatic heterocycles. The van der Waals surface area contributed by atoms with Gasteiger partial charge in [0.1, 0.15) is 6.61 Å². The number of benzene rings is 1. The van der Waals surface area contributed by atoms with Crippen LogP contribution < -0.4 is 10.6 Å². The van der Waals surface area contributed by atoms with Gasteiger partial charge in [-0.1, -0.05) is 6.07 Å². The molecule has 1 amide bonds. The summed E-state index contributed by atoms with van der Waals surface area (Å²) in [5.74, 6) is 0.639. The van der Waals surface area contributed by atoms with Crippen LogP contribution in [0.5, 0.6) is 0 Å². The van der Waals surface area contributed by atoms with E-state index in [1.54, 1.807) is 0 Å². The van der Waals surface area contributed by atoms with Crippen molar-refractivity contribution < 1.29 is 9.53 Å². The first-order valence-corrected chi connectivity index (χ1v) is 8.03. The zero-order valence-electron chi connectivity index (χ0n) is 12.9. The minimum atomic E-state index is -0.303. The number of amides is 1. The van der Waals surface area contributed by atoms with Crippen molar-refractivity contribution in [3.8, 4) is 0 Å². The van der Waals surface area contributed by atoms with Gasteiger partial charge in [0.05, 0.1) is 6.04 Å². The number of aromatic nitrogens is 1. The average molecular weight is 380 g/mol. The number of fused-ring (bicyclic) bond motifs is 1. The van der Waals surface area contributed by atoms with Crippen LogP contribution >= 0.6 is 17.0 Å². The summed E-state index contributed by atoms with van der Waals surface area (Å²) >= 11 is 0. The fourth-order valence-corrected chi connectivity index (χ4v) is 3.61. The van der Waals surface area contributed by atoms with E-state index in [-0.39, 0.29) is 29.1 Å². The summed E-state index contributed by atoms with van der Waals surface area (Å²) in [4.78, 5) is 14.5. The summed E-state index contributed by atoms with van der Waals surface area (Å²) in [5.41, 5.74) is 3.88. The van der Waals surface area contributed by atoms with Crippen molar-refractivity contribution in [2.24, 2.45) is 0 Å². The number of H-pyrrole nitrogens is 1. The Bertz CT molecular complexity index is 694. The largest absolute Gasteiger partial charge is 0.447 e. The van der Waals surface area contributed by atoms with Crippen molar-refractivity contribution in [3.63, 3.8) is 0 Å². The van der Waals surface area contributed by atoms with Crippen LogP contribution in [0.1, 0.15) is 29.9 Å². The number of hydrogen-bond acceptors (Lipinski definition) is 3. The number of ether oxygens (including phenoxy) is 1. The second-order valence-electron chi connectivity index (χ2n) is 6.29. The molecule has 2 aromatic rings.